The monoisotopic (exact) mass is 312 g/mol. The second-order valence-corrected chi connectivity index (χ2v) is 6.63. The van der Waals surface area contributed by atoms with Gasteiger partial charge in [0.25, 0.3) is 0 Å². The molecular formula is C20H26NO2+. The van der Waals surface area contributed by atoms with Crippen molar-refractivity contribution in [2.24, 2.45) is 0 Å². The Hall–Kier alpha value is -1.84. The average molecular weight is 312 g/mol. The molecule has 0 radical (unpaired) electrons. The van der Waals surface area contributed by atoms with Crippen molar-refractivity contribution in [1.29, 1.82) is 0 Å². The maximum Gasteiger partial charge on any atom is 0.137 e. The first-order valence-electron chi connectivity index (χ1n) is 8.40. The molecule has 3 rings (SSSR count). The first-order valence-corrected chi connectivity index (χ1v) is 8.40. The van der Waals surface area contributed by atoms with Crippen LogP contribution in [0.4, 0.5) is 0 Å². The van der Waals surface area contributed by atoms with Gasteiger partial charge in [0, 0.05) is 12.0 Å². The Bertz CT molecular complexity index is 668. The number of hydrogen-bond donors (Lipinski definition) is 2. The molecule has 2 aromatic carbocycles. The largest absolute Gasteiger partial charge is 0.490 e. The van der Waals surface area contributed by atoms with Crippen LogP contribution in [0, 0.1) is 13.8 Å². The van der Waals surface area contributed by atoms with Crippen molar-refractivity contribution in [1.82, 2.24) is 0 Å². The van der Waals surface area contributed by atoms with E-state index < -0.39 is 6.10 Å². The van der Waals surface area contributed by atoms with E-state index in [2.05, 4.69) is 43.3 Å². The number of aryl methyl sites for hydroxylation is 2. The van der Waals surface area contributed by atoms with Crippen LogP contribution in [-0.4, -0.2) is 30.9 Å². The van der Waals surface area contributed by atoms with Gasteiger partial charge in [-0.2, -0.15) is 0 Å². The minimum Gasteiger partial charge on any atom is -0.490 e. The van der Waals surface area contributed by atoms with E-state index in [4.69, 9.17) is 4.74 Å². The highest BCUT2D eigenvalue weighted by molar-refractivity contribution is 5.36. The quantitative estimate of drug-likeness (QED) is 0.881. The summed E-state index contributed by atoms with van der Waals surface area (Å²) in [6.45, 7) is 7.26. The van der Waals surface area contributed by atoms with Crippen molar-refractivity contribution in [3.8, 4) is 5.75 Å². The Balaban J connectivity index is 1.52. The van der Waals surface area contributed by atoms with Gasteiger partial charge in [-0.1, -0.05) is 36.4 Å². The van der Waals surface area contributed by atoms with Gasteiger partial charge in [0.15, 0.2) is 0 Å². The molecule has 0 spiro atoms. The number of ether oxygens (including phenoxy) is 1. The van der Waals surface area contributed by atoms with Gasteiger partial charge in [0.2, 0.25) is 0 Å². The molecule has 1 aliphatic rings. The van der Waals surface area contributed by atoms with E-state index in [1.807, 2.05) is 13.0 Å². The molecule has 23 heavy (non-hydrogen) atoms. The molecule has 1 aliphatic heterocycles. The lowest BCUT2D eigenvalue weighted by atomic mass is 10.00. The van der Waals surface area contributed by atoms with Crippen LogP contribution in [0.15, 0.2) is 42.5 Å². The van der Waals surface area contributed by atoms with E-state index in [0.29, 0.717) is 6.61 Å². The Morgan fingerprint density at radius 3 is 2.74 bits per heavy atom. The van der Waals surface area contributed by atoms with Crippen LogP contribution in [0.25, 0.3) is 0 Å². The number of benzene rings is 2. The molecule has 0 saturated carbocycles. The Morgan fingerprint density at radius 2 is 1.91 bits per heavy atom. The predicted octanol–water partition coefficient (Wildman–Crippen LogP) is 1.68. The molecule has 122 valence electrons. The highest BCUT2D eigenvalue weighted by atomic mass is 16.5. The summed E-state index contributed by atoms with van der Waals surface area (Å²) in [5.74, 6) is 0.878. The maximum absolute atomic E-state index is 10.3. The lowest BCUT2D eigenvalue weighted by molar-refractivity contribution is -0.918. The zero-order valence-corrected chi connectivity index (χ0v) is 14.0. The van der Waals surface area contributed by atoms with Crippen LogP contribution in [0.1, 0.15) is 22.3 Å². The maximum atomic E-state index is 10.3. The van der Waals surface area contributed by atoms with Crippen molar-refractivity contribution in [2.45, 2.75) is 32.9 Å². The summed E-state index contributed by atoms with van der Waals surface area (Å²) >= 11 is 0. The lowest BCUT2D eigenvalue weighted by Gasteiger charge is -2.27. The molecular weight excluding hydrogens is 286 g/mol. The van der Waals surface area contributed by atoms with Crippen LogP contribution in [-0.2, 0) is 13.0 Å². The molecule has 0 saturated heterocycles. The number of nitrogens with one attached hydrogen (secondary N) is 1. The highest BCUT2D eigenvalue weighted by Crippen LogP contribution is 2.19. The fourth-order valence-corrected chi connectivity index (χ4v) is 3.26. The van der Waals surface area contributed by atoms with E-state index in [-0.39, 0.29) is 0 Å². The van der Waals surface area contributed by atoms with Crippen molar-refractivity contribution in [2.75, 3.05) is 19.7 Å². The van der Waals surface area contributed by atoms with Gasteiger partial charge < -0.3 is 14.7 Å². The third-order valence-corrected chi connectivity index (χ3v) is 4.61. The summed E-state index contributed by atoms with van der Waals surface area (Å²) in [6, 6.07) is 14.8. The molecule has 2 unspecified atom stereocenters. The number of aliphatic hydroxyl groups excluding tert-OH is 1. The average Bonchev–Trinajstić information content (AvgIpc) is 2.55. The second kappa shape index (κ2) is 7.16. The highest BCUT2D eigenvalue weighted by Gasteiger charge is 2.22. The molecule has 2 aromatic rings. The van der Waals surface area contributed by atoms with E-state index in [0.717, 1.165) is 37.4 Å². The zero-order valence-electron chi connectivity index (χ0n) is 14.0. The molecule has 3 heteroatoms. The number of fused-ring (bicyclic) bond motifs is 1. The number of hydrogen-bond acceptors (Lipinski definition) is 2. The summed E-state index contributed by atoms with van der Waals surface area (Å²) in [5.41, 5.74) is 5.16. The van der Waals surface area contributed by atoms with Gasteiger partial charge in [0.05, 0.1) is 6.54 Å². The topological polar surface area (TPSA) is 33.9 Å². The summed E-state index contributed by atoms with van der Waals surface area (Å²) < 4.78 is 5.83. The first-order chi connectivity index (χ1) is 11.1. The van der Waals surface area contributed by atoms with Crippen LogP contribution >= 0.6 is 0 Å². The predicted molar refractivity (Wildman–Crippen MR) is 92.0 cm³/mol. The first kappa shape index (κ1) is 16.0. The molecule has 2 atom stereocenters. The smallest absolute Gasteiger partial charge is 0.137 e. The molecule has 0 fully saturated rings. The summed E-state index contributed by atoms with van der Waals surface area (Å²) in [7, 11) is 0. The van der Waals surface area contributed by atoms with Gasteiger partial charge in [0.1, 0.15) is 31.5 Å². The van der Waals surface area contributed by atoms with Gasteiger partial charge in [-0.25, -0.2) is 0 Å². The minimum absolute atomic E-state index is 0.357. The van der Waals surface area contributed by atoms with Crippen LogP contribution < -0.4 is 9.64 Å². The SMILES string of the molecule is Cc1ccc(C)c(OCC(O)C[NH+]2CCc3ccccc3C2)c1. The van der Waals surface area contributed by atoms with E-state index >= 15 is 0 Å². The molecule has 0 bridgehead atoms. The Kier molecular flexibility index (Phi) is 4.99. The lowest BCUT2D eigenvalue weighted by Crippen LogP contribution is -3.13. The summed E-state index contributed by atoms with van der Waals surface area (Å²) in [6.07, 6.45) is 0.658. The standard InChI is InChI=1S/C20H25NO2/c1-15-7-8-16(2)20(11-15)23-14-19(22)13-21-10-9-17-5-3-4-6-18(17)12-21/h3-8,11,19,22H,9-10,12-14H2,1-2H3/p+1. The van der Waals surface area contributed by atoms with E-state index in [1.165, 1.54) is 21.6 Å². The summed E-state index contributed by atoms with van der Waals surface area (Å²) in [5, 5.41) is 10.3. The van der Waals surface area contributed by atoms with Gasteiger partial charge in [-0.3, -0.25) is 0 Å². The summed E-state index contributed by atoms with van der Waals surface area (Å²) in [4.78, 5) is 1.43. The Morgan fingerprint density at radius 1 is 1.13 bits per heavy atom. The number of quaternary nitrogens is 1. The number of rotatable bonds is 5. The molecule has 0 amide bonds. The molecule has 1 heterocycles. The molecule has 3 nitrogen and oxygen atoms in total. The van der Waals surface area contributed by atoms with E-state index in [9.17, 15) is 5.11 Å². The molecule has 0 aliphatic carbocycles. The third-order valence-electron chi connectivity index (χ3n) is 4.61. The van der Waals surface area contributed by atoms with Crippen LogP contribution in [0.2, 0.25) is 0 Å². The van der Waals surface area contributed by atoms with Crippen LogP contribution in [0.5, 0.6) is 5.75 Å². The van der Waals surface area contributed by atoms with E-state index in [1.54, 1.807) is 0 Å². The normalized spacial score (nSPS) is 18.3. The fourth-order valence-electron chi connectivity index (χ4n) is 3.26. The van der Waals surface area contributed by atoms with Gasteiger partial charge in [-0.15, -0.1) is 0 Å². The third kappa shape index (κ3) is 4.12. The molecule has 2 N–H and O–H groups in total. The Labute approximate surface area is 138 Å². The van der Waals surface area contributed by atoms with Crippen molar-refractivity contribution in [3.63, 3.8) is 0 Å². The van der Waals surface area contributed by atoms with Crippen molar-refractivity contribution in [3.05, 3.63) is 64.7 Å². The van der Waals surface area contributed by atoms with Crippen LogP contribution in [0.3, 0.4) is 0 Å². The molecule has 0 aromatic heterocycles. The number of aliphatic hydroxyl groups is 1. The van der Waals surface area contributed by atoms with Crippen molar-refractivity contribution < 1.29 is 14.7 Å². The van der Waals surface area contributed by atoms with Crippen molar-refractivity contribution >= 4 is 0 Å². The zero-order chi connectivity index (χ0) is 16.2. The van der Waals surface area contributed by atoms with Gasteiger partial charge in [-0.05, 0) is 36.6 Å². The second-order valence-electron chi connectivity index (χ2n) is 6.63. The van der Waals surface area contributed by atoms with Gasteiger partial charge >= 0.3 is 0 Å². The minimum atomic E-state index is -0.435. The fraction of sp³-hybridized carbons (Fsp3) is 0.400.